The zero-order chi connectivity index (χ0) is 21.5. The molecule has 1 fully saturated rings. The Hall–Kier alpha value is -1.96. The van der Waals surface area contributed by atoms with Crippen LogP contribution in [0.25, 0.3) is 0 Å². The summed E-state index contributed by atoms with van der Waals surface area (Å²) in [5.41, 5.74) is 0.953. The summed E-state index contributed by atoms with van der Waals surface area (Å²) in [6.45, 7) is 4.55. The summed E-state index contributed by atoms with van der Waals surface area (Å²) in [6, 6.07) is 10.1. The molecule has 4 rings (SSSR count). The number of nitrogens with one attached hydrogen (secondary N) is 1. The zero-order valence-electron chi connectivity index (χ0n) is 17.4. The second kappa shape index (κ2) is 7.94. The summed E-state index contributed by atoms with van der Waals surface area (Å²) >= 11 is 1.55. The molecule has 30 heavy (non-hydrogen) atoms. The van der Waals surface area contributed by atoms with Crippen LogP contribution in [0.1, 0.15) is 55.2 Å². The SMILES string of the molecule is C[C@]1(CO)[C@H]2Cc3sc(NCc4ccccc4)nc3[C@@H](CC(=O)[O-])[C@]2(C)CC[C@H]1O. The normalized spacial score (nSPS) is 32.9. The van der Waals surface area contributed by atoms with Crippen molar-refractivity contribution in [2.75, 3.05) is 11.9 Å². The number of carboxylic acids is 1. The topological polar surface area (TPSA) is 106 Å². The third-order valence-corrected chi connectivity index (χ3v) is 8.60. The first kappa shape index (κ1) is 21.3. The largest absolute Gasteiger partial charge is 0.550 e. The maximum Gasteiger partial charge on any atom is 0.183 e. The van der Waals surface area contributed by atoms with Gasteiger partial charge in [-0.25, -0.2) is 4.98 Å². The van der Waals surface area contributed by atoms with Crippen LogP contribution in [0.4, 0.5) is 5.13 Å². The summed E-state index contributed by atoms with van der Waals surface area (Å²) in [5, 5.41) is 36.7. The molecule has 0 unspecified atom stereocenters. The molecule has 1 aromatic heterocycles. The van der Waals surface area contributed by atoms with Gasteiger partial charge in [0.25, 0.3) is 0 Å². The van der Waals surface area contributed by atoms with Crippen LogP contribution in [0, 0.1) is 16.7 Å². The number of aromatic nitrogens is 1. The van der Waals surface area contributed by atoms with E-state index in [1.54, 1.807) is 11.3 Å². The van der Waals surface area contributed by atoms with E-state index >= 15 is 0 Å². The Kier molecular flexibility index (Phi) is 5.64. The number of hydrogen-bond acceptors (Lipinski definition) is 7. The molecule has 1 saturated carbocycles. The molecule has 0 spiro atoms. The summed E-state index contributed by atoms with van der Waals surface area (Å²) < 4.78 is 0. The summed E-state index contributed by atoms with van der Waals surface area (Å²) in [4.78, 5) is 17.5. The van der Waals surface area contributed by atoms with Crippen LogP contribution in [-0.2, 0) is 17.8 Å². The fraction of sp³-hybridized carbons (Fsp3) is 0.565. The van der Waals surface area contributed by atoms with Crippen molar-refractivity contribution in [1.82, 2.24) is 4.98 Å². The Morgan fingerprint density at radius 3 is 2.73 bits per heavy atom. The second-order valence-corrected chi connectivity index (χ2v) is 10.4. The van der Waals surface area contributed by atoms with Crippen LogP contribution in [0.5, 0.6) is 0 Å². The number of anilines is 1. The molecule has 2 aromatic rings. The Bertz CT molecular complexity index is 917. The summed E-state index contributed by atoms with van der Waals surface area (Å²) in [5.74, 6) is -1.41. The van der Waals surface area contributed by atoms with Crippen LogP contribution >= 0.6 is 11.3 Å². The van der Waals surface area contributed by atoms with Gasteiger partial charge in [0.15, 0.2) is 5.13 Å². The first-order valence-corrected chi connectivity index (χ1v) is 11.4. The van der Waals surface area contributed by atoms with E-state index in [0.29, 0.717) is 25.8 Å². The van der Waals surface area contributed by atoms with E-state index in [9.17, 15) is 20.1 Å². The smallest absolute Gasteiger partial charge is 0.183 e. The van der Waals surface area contributed by atoms with Crippen molar-refractivity contribution >= 4 is 22.4 Å². The first-order valence-electron chi connectivity index (χ1n) is 10.5. The zero-order valence-corrected chi connectivity index (χ0v) is 18.2. The van der Waals surface area contributed by atoms with E-state index in [-0.39, 0.29) is 30.3 Å². The predicted molar refractivity (Wildman–Crippen MR) is 114 cm³/mol. The molecule has 0 aliphatic heterocycles. The van der Waals surface area contributed by atoms with Gasteiger partial charge in [-0.05, 0) is 42.6 Å². The van der Waals surface area contributed by atoms with E-state index in [0.717, 1.165) is 21.3 Å². The molecule has 0 radical (unpaired) electrons. The molecule has 1 heterocycles. The fourth-order valence-corrected chi connectivity index (χ4v) is 6.73. The Labute approximate surface area is 181 Å². The quantitative estimate of drug-likeness (QED) is 0.651. The van der Waals surface area contributed by atoms with Crippen molar-refractivity contribution in [2.45, 2.75) is 58.1 Å². The van der Waals surface area contributed by atoms with Gasteiger partial charge in [0.05, 0.1) is 18.4 Å². The van der Waals surface area contributed by atoms with Crippen molar-refractivity contribution in [3.63, 3.8) is 0 Å². The molecule has 0 saturated heterocycles. The lowest BCUT2D eigenvalue weighted by Crippen LogP contribution is -2.57. The molecule has 1 aromatic carbocycles. The predicted octanol–water partition coefficient (Wildman–Crippen LogP) is 2.31. The Balaban J connectivity index is 1.69. The van der Waals surface area contributed by atoms with Gasteiger partial charge in [-0.2, -0.15) is 0 Å². The van der Waals surface area contributed by atoms with Crippen LogP contribution in [0.15, 0.2) is 30.3 Å². The summed E-state index contributed by atoms with van der Waals surface area (Å²) in [7, 11) is 0. The standard InChI is InChI=1S/C23H30N2O4S/c1-22-9-8-18(27)23(2,13-26)17(22)11-16-20(15(22)10-19(28)29)25-21(30-16)24-12-14-6-4-3-5-7-14/h3-7,15,17-18,26-27H,8-13H2,1-2H3,(H,24,25)(H,28,29)/p-1/t15-,17+,18-,22+,23+/m1/s1. The summed E-state index contributed by atoms with van der Waals surface area (Å²) in [6.07, 6.45) is 1.24. The Morgan fingerprint density at radius 2 is 2.07 bits per heavy atom. The maximum absolute atomic E-state index is 11.7. The van der Waals surface area contributed by atoms with Crippen molar-refractivity contribution in [2.24, 2.45) is 16.7 Å². The van der Waals surface area contributed by atoms with Crippen LogP contribution in [0.2, 0.25) is 0 Å². The number of aliphatic carboxylic acids is 1. The number of fused-ring (bicyclic) bond motifs is 2. The number of aliphatic hydroxyl groups is 2. The molecule has 3 N–H and O–H groups in total. The van der Waals surface area contributed by atoms with Gasteiger partial charge in [-0.15, -0.1) is 11.3 Å². The number of aliphatic hydroxyl groups excluding tert-OH is 2. The highest BCUT2D eigenvalue weighted by atomic mass is 32.1. The molecule has 5 atom stereocenters. The molecule has 0 bridgehead atoms. The third kappa shape index (κ3) is 3.53. The number of thiazole rings is 1. The first-order chi connectivity index (χ1) is 14.3. The molecule has 2 aliphatic rings. The van der Waals surface area contributed by atoms with Crippen molar-refractivity contribution in [1.29, 1.82) is 0 Å². The number of benzene rings is 1. The number of carboxylic acid groups (broad SMARTS) is 1. The number of hydrogen-bond donors (Lipinski definition) is 3. The van der Waals surface area contributed by atoms with Crippen molar-refractivity contribution in [3.8, 4) is 0 Å². The molecular weight excluding hydrogens is 400 g/mol. The second-order valence-electron chi connectivity index (χ2n) is 9.28. The highest BCUT2D eigenvalue weighted by molar-refractivity contribution is 7.15. The van der Waals surface area contributed by atoms with E-state index < -0.39 is 17.5 Å². The molecule has 6 nitrogen and oxygen atoms in total. The van der Waals surface area contributed by atoms with Crippen LogP contribution < -0.4 is 10.4 Å². The van der Waals surface area contributed by atoms with Crippen molar-refractivity contribution in [3.05, 3.63) is 46.5 Å². The van der Waals surface area contributed by atoms with Gasteiger partial charge in [0, 0.05) is 28.7 Å². The lowest BCUT2D eigenvalue weighted by molar-refractivity contribution is -0.307. The molecule has 7 heteroatoms. The molecule has 0 amide bonds. The van der Waals surface area contributed by atoms with E-state index in [1.165, 1.54) is 0 Å². The van der Waals surface area contributed by atoms with Crippen LogP contribution in [0.3, 0.4) is 0 Å². The highest BCUT2D eigenvalue weighted by Gasteiger charge is 2.58. The number of nitrogens with zero attached hydrogens (tertiary/aromatic N) is 1. The lowest BCUT2D eigenvalue weighted by Gasteiger charge is -2.58. The fourth-order valence-electron chi connectivity index (χ4n) is 5.66. The van der Waals surface area contributed by atoms with Gasteiger partial charge in [0.1, 0.15) is 0 Å². The monoisotopic (exact) mass is 429 g/mol. The molecule has 162 valence electrons. The van der Waals surface area contributed by atoms with Crippen LogP contribution in [-0.4, -0.2) is 33.9 Å². The third-order valence-electron chi connectivity index (χ3n) is 7.55. The van der Waals surface area contributed by atoms with E-state index in [1.807, 2.05) is 37.3 Å². The highest BCUT2D eigenvalue weighted by Crippen LogP contribution is 2.62. The lowest BCUT2D eigenvalue weighted by atomic mass is 9.47. The minimum Gasteiger partial charge on any atom is -0.550 e. The minimum absolute atomic E-state index is 0.0296. The van der Waals surface area contributed by atoms with Gasteiger partial charge in [-0.3, -0.25) is 0 Å². The van der Waals surface area contributed by atoms with Crippen molar-refractivity contribution < 1.29 is 20.1 Å². The number of carbonyl (C=O) groups is 1. The van der Waals surface area contributed by atoms with Gasteiger partial charge >= 0.3 is 0 Å². The molecular formula is C23H29N2O4S-. The average Bonchev–Trinajstić information content (AvgIpc) is 3.14. The van der Waals surface area contributed by atoms with Gasteiger partial charge in [0.2, 0.25) is 0 Å². The number of carbonyl (C=O) groups excluding carboxylic acids is 1. The minimum atomic E-state index is -1.09. The van der Waals surface area contributed by atoms with Gasteiger partial charge in [-0.1, -0.05) is 44.2 Å². The van der Waals surface area contributed by atoms with E-state index in [4.69, 9.17) is 4.98 Å². The van der Waals surface area contributed by atoms with Gasteiger partial charge < -0.3 is 25.4 Å². The molecule has 2 aliphatic carbocycles. The maximum atomic E-state index is 11.7. The Morgan fingerprint density at radius 1 is 1.33 bits per heavy atom. The average molecular weight is 430 g/mol. The van der Waals surface area contributed by atoms with E-state index in [2.05, 4.69) is 12.2 Å². The number of rotatable bonds is 6.